The second-order valence-electron chi connectivity index (χ2n) is 5.07. The summed E-state index contributed by atoms with van der Waals surface area (Å²) in [5.74, 6) is 0.0539. The molecule has 1 aromatic heterocycles. The summed E-state index contributed by atoms with van der Waals surface area (Å²) in [5, 5.41) is 6.56. The average molecular weight is 311 g/mol. The lowest BCUT2D eigenvalue weighted by Crippen LogP contribution is -2.22. The van der Waals surface area contributed by atoms with Crippen LogP contribution < -0.4 is 5.32 Å². The van der Waals surface area contributed by atoms with E-state index in [1.54, 1.807) is 0 Å². The standard InChI is InChI=1S/C17H14FN3O2/c1-11-3-2-4-13(9-11)16-20-15(23-21-16)10-19-17(22)12-5-7-14(18)8-6-12/h2-9H,10H2,1H3,(H,19,22). The number of halogens is 1. The fraction of sp³-hybridized carbons (Fsp3) is 0.118. The van der Waals surface area contributed by atoms with Gasteiger partial charge in [-0.1, -0.05) is 28.9 Å². The van der Waals surface area contributed by atoms with Crippen LogP contribution in [0.15, 0.2) is 53.1 Å². The maximum absolute atomic E-state index is 12.8. The largest absolute Gasteiger partial charge is 0.343 e. The lowest BCUT2D eigenvalue weighted by molar-refractivity contribution is 0.0946. The summed E-state index contributed by atoms with van der Waals surface area (Å²) >= 11 is 0. The van der Waals surface area contributed by atoms with E-state index >= 15 is 0 Å². The topological polar surface area (TPSA) is 68.0 Å². The van der Waals surface area contributed by atoms with Crippen molar-refractivity contribution in [2.24, 2.45) is 0 Å². The molecule has 0 saturated carbocycles. The Kier molecular flexibility index (Phi) is 4.14. The van der Waals surface area contributed by atoms with Crippen molar-refractivity contribution in [1.29, 1.82) is 0 Å². The van der Waals surface area contributed by atoms with Gasteiger partial charge in [-0.2, -0.15) is 4.98 Å². The van der Waals surface area contributed by atoms with Crippen LogP contribution in [0.5, 0.6) is 0 Å². The first-order chi connectivity index (χ1) is 11.1. The van der Waals surface area contributed by atoms with Crippen LogP contribution in [0.1, 0.15) is 21.8 Å². The van der Waals surface area contributed by atoms with Gasteiger partial charge < -0.3 is 9.84 Å². The number of hydrogen-bond acceptors (Lipinski definition) is 4. The molecule has 1 heterocycles. The fourth-order valence-corrected chi connectivity index (χ4v) is 2.09. The van der Waals surface area contributed by atoms with E-state index in [-0.39, 0.29) is 18.3 Å². The number of aryl methyl sites for hydroxylation is 1. The number of amides is 1. The van der Waals surface area contributed by atoms with Gasteiger partial charge in [-0.15, -0.1) is 0 Å². The summed E-state index contributed by atoms with van der Waals surface area (Å²) in [6.45, 7) is 2.09. The van der Waals surface area contributed by atoms with Crippen LogP contribution >= 0.6 is 0 Å². The molecular weight excluding hydrogens is 297 g/mol. The number of carbonyl (C=O) groups excluding carboxylic acids is 1. The van der Waals surface area contributed by atoms with Crippen LogP contribution in [0.4, 0.5) is 4.39 Å². The molecule has 0 saturated heterocycles. The van der Waals surface area contributed by atoms with E-state index in [4.69, 9.17) is 4.52 Å². The van der Waals surface area contributed by atoms with Gasteiger partial charge in [0, 0.05) is 11.1 Å². The third-order valence-corrected chi connectivity index (χ3v) is 3.25. The highest BCUT2D eigenvalue weighted by Crippen LogP contribution is 2.16. The van der Waals surface area contributed by atoms with Gasteiger partial charge >= 0.3 is 0 Å². The monoisotopic (exact) mass is 311 g/mol. The first kappa shape index (κ1) is 14.9. The molecule has 2 aromatic carbocycles. The summed E-state index contributed by atoms with van der Waals surface area (Å²) < 4.78 is 18.0. The molecule has 1 N–H and O–H groups in total. The SMILES string of the molecule is Cc1cccc(-c2noc(CNC(=O)c3ccc(F)cc3)n2)c1. The third kappa shape index (κ3) is 3.60. The van der Waals surface area contributed by atoms with Gasteiger partial charge in [0.2, 0.25) is 11.7 Å². The summed E-state index contributed by atoms with van der Waals surface area (Å²) in [6, 6.07) is 13.0. The molecule has 0 aliphatic heterocycles. The van der Waals surface area contributed by atoms with E-state index < -0.39 is 0 Å². The number of carbonyl (C=O) groups is 1. The first-order valence-electron chi connectivity index (χ1n) is 7.05. The zero-order valence-corrected chi connectivity index (χ0v) is 12.4. The van der Waals surface area contributed by atoms with Crippen LogP contribution in [0.25, 0.3) is 11.4 Å². The number of nitrogens with one attached hydrogen (secondary N) is 1. The summed E-state index contributed by atoms with van der Waals surface area (Å²) in [5.41, 5.74) is 2.31. The normalized spacial score (nSPS) is 10.5. The Labute approximate surface area is 132 Å². The second-order valence-corrected chi connectivity index (χ2v) is 5.07. The zero-order chi connectivity index (χ0) is 16.2. The average Bonchev–Trinajstić information content (AvgIpc) is 3.02. The number of nitrogens with zero attached hydrogens (tertiary/aromatic N) is 2. The number of aromatic nitrogens is 2. The van der Waals surface area contributed by atoms with Crippen molar-refractivity contribution in [1.82, 2.24) is 15.5 Å². The van der Waals surface area contributed by atoms with Crippen LogP contribution in [0.3, 0.4) is 0 Å². The molecule has 0 bridgehead atoms. The van der Waals surface area contributed by atoms with Crippen molar-refractivity contribution in [3.8, 4) is 11.4 Å². The van der Waals surface area contributed by atoms with Gasteiger partial charge in [0.15, 0.2) is 0 Å². The molecule has 3 rings (SSSR count). The van der Waals surface area contributed by atoms with E-state index in [1.807, 2.05) is 31.2 Å². The van der Waals surface area contributed by atoms with E-state index in [0.717, 1.165) is 11.1 Å². The van der Waals surface area contributed by atoms with Crippen LogP contribution in [-0.2, 0) is 6.54 Å². The molecule has 0 aliphatic rings. The van der Waals surface area contributed by atoms with Crippen molar-refractivity contribution in [2.45, 2.75) is 13.5 Å². The Morgan fingerprint density at radius 1 is 1.22 bits per heavy atom. The van der Waals surface area contributed by atoms with Crippen molar-refractivity contribution < 1.29 is 13.7 Å². The van der Waals surface area contributed by atoms with Crippen LogP contribution in [-0.4, -0.2) is 16.0 Å². The maximum Gasteiger partial charge on any atom is 0.251 e. The van der Waals surface area contributed by atoms with E-state index in [2.05, 4.69) is 15.5 Å². The second kappa shape index (κ2) is 6.39. The Morgan fingerprint density at radius 2 is 2.00 bits per heavy atom. The lowest BCUT2D eigenvalue weighted by atomic mass is 10.1. The highest BCUT2D eigenvalue weighted by atomic mass is 19.1. The van der Waals surface area contributed by atoms with Crippen LogP contribution in [0.2, 0.25) is 0 Å². The summed E-state index contributed by atoms with van der Waals surface area (Å²) in [7, 11) is 0. The maximum atomic E-state index is 12.8. The van der Waals surface area contributed by atoms with Gasteiger partial charge in [0.25, 0.3) is 5.91 Å². The van der Waals surface area contributed by atoms with Gasteiger partial charge in [-0.3, -0.25) is 4.79 Å². The van der Waals surface area contributed by atoms with Crippen molar-refractivity contribution in [3.05, 3.63) is 71.4 Å². The zero-order valence-electron chi connectivity index (χ0n) is 12.4. The minimum Gasteiger partial charge on any atom is -0.343 e. The molecule has 0 fully saturated rings. The third-order valence-electron chi connectivity index (χ3n) is 3.25. The molecule has 3 aromatic rings. The molecular formula is C17H14FN3O2. The summed E-state index contributed by atoms with van der Waals surface area (Å²) in [6.07, 6.45) is 0. The van der Waals surface area contributed by atoms with E-state index in [1.165, 1.54) is 24.3 Å². The highest BCUT2D eigenvalue weighted by Gasteiger charge is 2.11. The van der Waals surface area contributed by atoms with Gasteiger partial charge in [-0.05, 0) is 37.3 Å². The Morgan fingerprint density at radius 3 is 2.74 bits per heavy atom. The van der Waals surface area contributed by atoms with Gasteiger partial charge in [-0.25, -0.2) is 4.39 Å². The lowest BCUT2D eigenvalue weighted by Gasteiger charge is -2.01. The fourth-order valence-electron chi connectivity index (χ4n) is 2.09. The predicted octanol–water partition coefficient (Wildman–Crippen LogP) is 3.11. The summed E-state index contributed by atoms with van der Waals surface area (Å²) in [4.78, 5) is 16.2. The van der Waals surface area contributed by atoms with Gasteiger partial charge in [0.1, 0.15) is 5.82 Å². The highest BCUT2D eigenvalue weighted by molar-refractivity contribution is 5.94. The van der Waals surface area contributed by atoms with E-state index in [9.17, 15) is 9.18 Å². The molecule has 0 aliphatic carbocycles. The number of rotatable bonds is 4. The molecule has 0 unspecified atom stereocenters. The minimum absolute atomic E-state index is 0.106. The molecule has 5 nitrogen and oxygen atoms in total. The molecule has 6 heteroatoms. The minimum atomic E-state index is -0.388. The molecule has 0 atom stereocenters. The molecule has 1 amide bonds. The molecule has 0 radical (unpaired) electrons. The van der Waals surface area contributed by atoms with Crippen molar-refractivity contribution >= 4 is 5.91 Å². The number of benzene rings is 2. The number of hydrogen-bond donors (Lipinski definition) is 1. The quantitative estimate of drug-likeness (QED) is 0.804. The Bertz CT molecular complexity index is 828. The molecule has 0 spiro atoms. The predicted molar refractivity (Wildman–Crippen MR) is 82.0 cm³/mol. The van der Waals surface area contributed by atoms with Crippen molar-refractivity contribution in [3.63, 3.8) is 0 Å². The van der Waals surface area contributed by atoms with Crippen LogP contribution in [0, 0.1) is 12.7 Å². The molecule has 23 heavy (non-hydrogen) atoms. The van der Waals surface area contributed by atoms with Gasteiger partial charge in [0.05, 0.1) is 6.54 Å². The van der Waals surface area contributed by atoms with E-state index in [0.29, 0.717) is 17.3 Å². The molecule has 116 valence electrons. The smallest absolute Gasteiger partial charge is 0.251 e. The first-order valence-corrected chi connectivity index (χ1v) is 7.05. The Balaban J connectivity index is 1.65. The van der Waals surface area contributed by atoms with Crippen molar-refractivity contribution in [2.75, 3.05) is 0 Å². The Hall–Kier alpha value is -3.02.